The van der Waals surface area contributed by atoms with Gasteiger partial charge in [-0.15, -0.1) is 0 Å². The summed E-state index contributed by atoms with van der Waals surface area (Å²) in [4.78, 5) is 2.58. The first kappa shape index (κ1) is 32.2. The fourth-order valence-electron chi connectivity index (χ4n) is 13.5. The molecule has 0 unspecified atom stereocenters. The molecule has 2 heteroatoms. The van der Waals surface area contributed by atoms with Gasteiger partial charge in [0.1, 0.15) is 0 Å². The van der Waals surface area contributed by atoms with E-state index in [0.29, 0.717) is 0 Å². The summed E-state index contributed by atoms with van der Waals surface area (Å²) in [5, 5.41) is 2.56. The van der Waals surface area contributed by atoms with Crippen LogP contribution in [-0.4, -0.2) is 4.57 Å². The van der Waals surface area contributed by atoms with Crippen LogP contribution in [0.1, 0.15) is 68.2 Å². The highest BCUT2D eigenvalue weighted by Crippen LogP contribution is 2.69. The van der Waals surface area contributed by atoms with Crippen molar-refractivity contribution in [2.24, 2.45) is 23.7 Å². The van der Waals surface area contributed by atoms with Crippen LogP contribution in [0.15, 0.2) is 158 Å². The zero-order valence-electron chi connectivity index (χ0n) is 32.8. The first-order valence-electron chi connectivity index (χ1n) is 21.4. The molecule has 1 heterocycles. The molecule has 6 aliphatic carbocycles. The second-order valence-electron chi connectivity index (χ2n) is 18.6. The van der Waals surface area contributed by atoms with E-state index < -0.39 is 0 Å². The molecule has 0 aliphatic heterocycles. The first-order chi connectivity index (χ1) is 28.0. The molecule has 0 saturated heterocycles. The lowest BCUT2D eigenvalue weighted by molar-refractivity contribution is -0.0399. The van der Waals surface area contributed by atoms with Gasteiger partial charge < -0.3 is 9.47 Å². The molecule has 0 N–H and O–H groups in total. The van der Waals surface area contributed by atoms with E-state index in [1.807, 2.05) is 0 Å². The molecule has 6 aliphatic rings. The number of nitrogens with zero attached hydrogens (tertiary/aromatic N) is 2. The van der Waals surface area contributed by atoms with Crippen LogP contribution in [0.3, 0.4) is 0 Å². The minimum absolute atomic E-state index is 0.0959. The van der Waals surface area contributed by atoms with Crippen molar-refractivity contribution in [2.45, 2.75) is 56.8 Å². The maximum atomic E-state index is 2.65. The van der Waals surface area contributed by atoms with E-state index in [4.69, 9.17) is 0 Å². The molecular formula is C55H46N2. The zero-order valence-corrected chi connectivity index (χ0v) is 32.8. The molecule has 276 valence electrons. The van der Waals surface area contributed by atoms with Crippen molar-refractivity contribution >= 4 is 38.9 Å². The molecule has 0 radical (unpaired) electrons. The van der Waals surface area contributed by atoms with Gasteiger partial charge >= 0.3 is 0 Å². The summed E-state index contributed by atoms with van der Waals surface area (Å²) < 4.78 is 2.46. The van der Waals surface area contributed by atoms with E-state index in [1.165, 1.54) is 110 Å². The van der Waals surface area contributed by atoms with Crippen molar-refractivity contribution in [3.05, 3.63) is 180 Å². The average molecular weight is 735 g/mol. The Morgan fingerprint density at radius 1 is 0.439 bits per heavy atom. The van der Waals surface area contributed by atoms with Gasteiger partial charge in [0.05, 0.1) is 11.0 Å². The minimum atomic E-state index is -0.0959. The van der Waals surface area contributed by atoms with Crippen LogP contribution >= 0.6 is 0 Å². The number of aromatic nitrogens is 1. The van der Waals surface area contributed by atoms with E-state index in [2.05, 4.69) is 181 Å². The number of benzene rings is 7. The molecule has 1 spiro atoms. The highest BCUT2D eigenvalue weighted by Gasteiger charge is 2.61. The van der Waals surface area contributed by atoms with Crippen LogP contribution in [0.4, 0.5) is 17.1 Å². The lowest BCUT2D eigenvalue weighted by Crippen LogP contribution is -2.55. The highest BCUT2D eigenvalue weighted by atomic mass is 15.1. The van der Waals surface area contributed by atoms with Gasteiger partial charge in [0.2, 0.25) is 0 Å². The number of rotatable bonds is 4. The number of fused-ring (bicyclic) bond motifs is 9. The molecular weight excluding hydrogens is 689 g/mol. The van der Waals surface area contributed by atoms with Gasteiger partial charge in [0.25, 0.3) is 0 Å². The Bertz CT molecular complexity index is 2930. The van der Waals surface area contributed by atoms with Crippen molar-refractivity contribution in [3.8, 4) is 27.9 Å². The van der Waals surface area contributed by atoms with Crippen molar-refractivity contribution < 1.29 is 0 Å². The normalized spacial score (nSPS) is 24.2. The maximum absolute atomic E-state index is 2.65. The zero-order chi connectivity index (χ0) is 37.6. The summed E-state index contributed by atoms with van der Waals surface area (Å²) in [5.74, 6) is 3.26. The predicted molar refractivity (Wildman–Crippen MR) is 236 cm³/mol. The van der Waals surface area contributed by atoms with Crippen molar-refractivity contribution in [3.63, 3.8) is 0 Å². The van der Waals surface area contributed by atoms with Crippen molar-refractivity contribution in [1.29, 1.82) is 0 Å². The Labute approximate surface area is 335 Å². The summed E-state index contributed by atoms with van der Waals surface area (Å²) in [5.41, 5.74) is 19.0. The quantitative estimate of drug-likeness (QED) is 0.175. The monoisotopic (exact) mass is 734 g/mol. The number of anilines is 3. The van der Waals surface area contributed by atoms with Gasteiger partial charge in [-0.25, -0.2) is 0 Å². The van der Waals surface area contributed by atoms with Gasteiger partial charge in [-0.1, -0.05) is 117 Å². The summed E-state index contributed by atoms with van der Waals surface area (Å²) in [7, 11) is 0. The Hall–Kier alpha value is -5.86. The molecule has 4 bridgehead atoms. The standard InChI is InChI=1S/C55H46N2/c1-54(2)48-17-9-6-14-42(48)44-23-20-39(31-50(44)54)56(41-22-25-47-46-16-8-11-19-52(46)57(53(47)33-41)38-12-4-3-5-13-38)40-21-24-45-43-15-7-10-18-49(43)55(51(45)32-40)36-27-34-26-35(29-36)30-37(55)28-34/h3-25,31-37H,26-30H2,1-2H3. The molecule has 57 heavy (non-hydrogen) atoms. The summed E-state index contributed by atoms with van der Waals surface area (Å²) in [6.07, 6.45) is 7.00. The first-order valence-corrected chi connectivity index (χ1v) is 21.4. The summed E-state index contributed by atoms with van der Waals surface area (Å²) in [6, 6.07) is 60.3. The summed E-state index contributed by atoms with van der Waals surface area (Å²) >= 11 is 0. The maximum Gasteiger partial charge on any atom is 0.0561 e. The molecule has 0 atom stereocenters. The van der Waals surface area contributed by atoms with Gasteiger partial charge in [0.15, 0.2) is 0 Å². The van der Waals surface area contributed by atoms with Crippen LogP contribution in [-0.2, 0) is 10.8 Å². The molecule has 4 fully saturated rings. The summed E-state index contributed by atoms with van der Waals surface area (Å²) in [6.45, 7) is 4.80. The smallest absolute Gasteiger partial charge is 0.0561 e. The molecule has 2 nitrogen and oxygen atoms in total. The number of hydrogen-bond acceptors (Lipinski definition) is 1. The fourth-order valence-corrected chi connectivity index (χ4v) is 13.5. The average Bonchev–Trinajstić information content (AvgIpc) is 3.81. The molecule has 7 aromatic carbocycles. The Morgan fingerprint density at radius 2 is 0.965 bits per heavy atom. The van der Waals surface area contributed by atoms with Crippen molar-refractivity contribution in [2.75, 3.05) is 4.90 Å². The topological polar surface area (TPSA) is 8.17 Å². The fraction of sp³-hybridized carbons (Fsp3) is 0.236. The Balaban J connectivity index is 1.06. The number of para-hydroxylation sites is 2. The van der Waals surface area contributed by atoms with Crippen molar-refractivity contribution in [1.82, 2.24) is 4.57 Å². The van der Waals surface area contributed by atoms with Crippen LogP contribution in [0, 0.1) is 23.7 Å². The third-order valence-corrected chi connectivity index (χ3v) is 15.6. The second-order valence-corrected chi connectivity index (χ2v) is 18.6. The second kappa shape index (κ2) is 11.4. The third kappa shape index (κ3) is 4.21. The van der Waals surface area contributed by atoms with Crippen LogP contribution in [0.2, 0.25) is 0 Å². The lowest BCUT2D eigenvalue weighted by atomic mass is 9.43. The van der Waals surface area contributed by atoms with E-state index in [0.717, 1.165) is 23.7 Å². The molecule has 4 saturated carbocycles. The van der Waals surface area contributed by atoms with Gasteiger partial charge in [0, 0.05) is 44.4 Å². The van der Waals surface area contributed by atoms with Crippen LogP contribution in [0.5, 0.6) is 0 Å². The Morgan fingerprint density at radius 3 is 1.70 bits per heavy atom. The van der Waals surface area contributed by atoms with E-state index in [1.54, 1.807) is 11.1 Å². The molecule has 1 aromatic heterocycles. The molecule has 0 amide bonds. The van der Waals surface area contributed by atoms with Crippen LogP contribution in [0.25, 0.3) is 49.7 Å². The van der Waals surface area contributed by atoms with E-state index in [-0.39, 0.29) is 10.8 Å². The largest absolute Gasteiger partial charge is 0.310 e. The minimum Gasteiger partial charge on any atom is -0.310 e. The van der Waals surface area contributed by atoms with Crippen LogP contribution < -0.4 is 4.90 Å². The molecule has 14 rings (SSSR count). The molecule has 8 aromatic rings. The number of hydrogen-bond donors (Lipinski definition) is 0. The highest BCUT2D eigenvalue weighted by molar-refractivity contribution is 6.10. The van der Waals surface area contributed by atoms with Gasteiger partial charge in [-0.05, 0) is 155 Å². The van der Waals surface area contributed by atoms with Gasteiger partial charge in [-0.3, -0.25) is 0 Å². The Kier molecular flexibility index (Phi) is 6.44. The SMILES string of the molecule is CC1(C)c2ccccc2-c2ccc(N(c3ccc4c(c3)C3(c5ccccc5-4)C4CC5CC(C4)CC3C5)c3ccc4c5ccccc5n(-c5ccccc5)c4c3)cc21. The lowest BCUT2D eigenvalue weighted by Gasteiger charge is -2.61. The predicted octanol–water partition coefficient (Wildman–Crippen LogP) is 14.3. The van der Waals surface area contributed by atoms with Gasteiger partial charge in [-0.2, -0.15) is 0 Å². The van der Waals surface area contributed by atoms with E-state index >= 15 is 0 Å². The van der Waals surface area contributed by atoms with E-state index in [9.17, 15) is 0 Å². The third-order valence-electron chi connectivity index (χ3n) is 15.6.